The van der Waals surface area contributed by atoms with Gasteiger partial charge in [0, 0.05) is 26.2 Å². The van der Waals surface area contributed by atoms with E-state index in [0.29, 0.717) is 11.3 Å². The van der Waals surface area contributed by atoms with Gasteiger partial charge in [-0.25, -0.2) is 4.98 Å². The Bertz CT molecular complexity index is 894. The Hall–Kier alpha value is -2.40. The predicted molar refractivity (Wildman–Crippen MR) is 89.6 cm³/mol. The van der Waals surface area contributed by atoms with Gasteiger partial charge in [-0.15, -0.1) is 0 Å². The summed E-state index contributed by atoms with van der Waals surface area (Å²) in [6, 6.07) is 12.0. The summed E-state index contributed by atoms with van der Waals surface area (Å²) in [4.78, 5) is 24.5. The van der Waals surface area contributed by atoms with E-state index in [0.717, 1.165) is 42.5 Å². The molecule has 112 valence electrons. The van der Waals surface area contributed by atoms with Crippen molar-refractivity contribution in [3.63, 3.8) is 0 Å². The van der Waals surface area contributed by atoms with Gasteiger partial charge in [-0.3, -0.25) is 9.78 Å². The van der Waals surface area contributed by atoms with Crippen molar-refractivity contribution in [1.82, 2.24) is 14.9 Å². The van der Waals surface area contributed by atoms with Gasteiger partial charge in [0.25, 0.3) is 5.56 Å². The van der Waals surface area contributed by atoms with E-state index in [1.165, 1.54) is 0 Å². The lowest BCUT2D eigenvalue weighted by Gasteiger charge is -2.32. The topological polar surface area (TPSA) is 52.2 Å². The van der Waals surface area contributed by atoms with Crippen LogP contribution in [0.5, 0.6) is 0 Å². The summed E-state index contributed by atoms with van der Waals surface area (Å²) in [7, 11) is 2.11. The molecule has 0 radical (unpaired) electrons. The minimum Gasteiger partial charge on any atom is -0.340 e. The van der Waals surface area contributed by atoms with Gasteiger partial charge in [0.15, 0.2) is 0 Å². The minimum absolute atomic E-state index is 0.0651. The molecule has 4 rings (SSSR count). The molecule has 0 unspecified atom stereocenters. The van der Waals surface area contributed by atoms with E-state index in [-0.39, 0.29) is 5.56 Å². The average Bonchev–Trinajstić information content (AvgIpc) is 2.54. The van der Waals surface area contributed by atoms with Crippen molar-refractivity contribution in [3.05, 3.63) is 46.8 Å². The van der Waals surface area contributed by atoms with Gasteiger partial charge in [-0.2, -0.15) is 0 Å². The minimum atomic E-state index is -0.0651. The van der Waals surface area contributed by atoms with Crippen LogP contribution in [-0.4, -0.2) is 48.1 Å². The summed E-state index contributed by atoms with van der Waals surface area (Å²) >= 11 is 0. The van der Waals surface area contributed by atoms with E-state index >= 15 is 0 Å². The molecule has 1 N–H and O–H groups in total. The first-order chi connectivity index (χ1) is 10.7. The second-order valence-corrected chi connectivity index (χ2v) is 5.90. The molecule has 0 saturated carbocycles. The van der Waals surface area contributed by atoms with Crippen LogP contribution in [0.1, 0.15) is 0 Å². The summed E-state index contributed by atoms with van der Waals surface area (Å²) in [5, 5.41) is 2.82. The van der Waals surface area contributed by atoms with E-state index in [1.807, 2.05) is 36.4 Å². The molecular formula is C17H18N4O. The first-order valence-electron chi connectivity index (χ1n) is 7.57. The van der Waals surface area contributed by atoms with E-state index in [2.05, 4.69) is 26.8 Å². The molecule has 1 saturated heterocycles. The fourth-order valence-corrected chi connectivity index (χ4v) is 2.98. The van der Waals surface area contributed by atoms with Crippen molar-refractivity contribution in [2.45, 2.75) is 0 Å². The Balaban J connectivity index is 1.84. The second-order valence-electron chi connectivity index (χ2n) is 5.90. The molecule has 1 fully saturated rings. The molecule has 22 heavy (non-hydrogen) atoms. The fourth-order valence-electron chi connectivity index (χ4n) is 2.98. The summed E-state index contributed by atoms with van der Waals surface area (Å²) in [5.74, 6) is 0.681. The molecule has 5 nitrogen and oxygen atoms in total. The van der Waals surface area contributed by atoms with Crippen LogP contribution in [0, 0.1) is 0 Å². The number of nitrogens with one attached hydrogen (secondary N) is 1. The molecule has 3 aromatic rings. The Morgan fingerprint density at radius 1 is 1.05 bits per heavy atom. The number of fused-ring (bicyclic) bond motifs is 2. The summed E-state index contributed by atoms with van der Waals surface area (Å²) in [6.45, 7) is 3.75. The molecule has 2 aromatic carbocycles. The first kappa shape index (κ1) is 13.3. The monoisotopic (exact) mass is 294 g/mol. The number of rotatable bonds is 1. The average molecular weight is 294 g/mol. The highest BCUT2D eigenvalue weighted by Gasteiger charge is 2.17. The third kappa shape index (κ3) is 2.23. The zero-order valence-electron chi connectivity index (χ0n) is 12.5. The van der Waals surface area contributed by atoms with Gasteiger partial charge in [0.2, 0.25) is 5.95 Å². The number of nitrogens with zero attached hydrogens (tertiary/aromatic N) is 3. The molecule has 0 atom stereocenters. The normalized spacial score (nSPS) is 16.5. The van der Waals surface area contributed by atoms with Crippen molar-refractivity contribution in [2.24, 2.45) is 0 Å². The fraction of sp³-hybridized carbons (Fsp3) is 0.294. The Kier molecular flexibility index (Phi) is 3.08. The van der Waals surface area contributed by atoms with Crippen molar-refractivity contribution in [3.8, 4) is 0 Å². The third-order valence-electron chi connectivity index (χ3n) is 4.36. The molecule has 5 heteroatoms. The highest BCUT2D eigenvalue weighted by molar-refractivity contribution is 5.96. The lowest BCUT2D eigenvalue weighted by atomic mass is 10.1. The van der Waals surface area contributed by atoms with Crippen LogP contribution < -0.4 is 10.5 Å². The number of hydrogen-bond donors (Lipinski definition) is 1. The van der Waals surface area contributed by atoms with Crippen LogP contribution >= 0.6 is 0 Å². The number of H-pyrrole nitrogens is 1. The van der Waals surface area contributed by atoms with Crippen LogP contribution in [-0.2, 0) is 0 Å². The predicted octanol–water partition coefficient (Wildman–Crippen LogP) is 1.83. The quantitative estimate of drug-likeness (QED) is 0.696. The smallest absolute Gasteiger partial charge is 0.260 e. The maximum atomic E-state index is 12.4. The summed E-state index contributed by atoms with van der Waals surface area (Å²) in [5.41, 5.74) is 0.695. The Morgan fingerprint density at radius 2 is 1.73 bits per heavy atom. The molecular weight excluding hydrogens is 276 g/mol. The van der Waals surface area contributed by atoms with E-state index in [4.69, 9.17) is 0 Å². The lowest BCUT2D eigenvalue weighted by Crippen LogP contribution is -2.45. The standard InChI is InChI=1S/C17H18N4O/c1-20-6-8-21(9-7-20)17-18-15-11-13-5-3-2-4-12(13)10-14(15)16(22)19-17/h2-5,10-11H,6-9H2,1H3,(H,18,19,22). The van der Waals surface area contributed by atoms with Crippen LogP contribution in [0.25, 0.3) is 21.7 Å². The zero-order valence-corrected chi connectivity index (χ0v) is 12.5. The third-order valence-corrected chi connectivity index (χ3v) is 4.36. The van der Waals surface area contributed by atoms with Gasteiger partial charge in [0.05, 0.1) is 10.9 Å². The second kappa shape index (κ2) is 5.10. The number of aromatic amines is 1. The number of anilines is 1. The Morgan fingerprint density at radius 3 is 2.45 bits per heavy atom. The van der Waals surface area contributed by atoms with Crippen molar-refractivity contribution < 1.29 is 0 Å². The number of benzene rings is 2. The number of aromatic nitrogens is 2. The van der Waals surface area contributed by atoms with Crippen LogP contribution in [0.3, 0.4) is 0 Å². The van der Waals surface area contributed by atoms with Crippen LogP contribution in [0.4, 0.5) is 5.95 Å². The number of likely N-dealkylation sites (N-methyl/N-ethyl adjacent to an activating group) is 1. The highest BCUT2D eigenvalue weighted by atomic mass is 16.1. The molecule has 1 aliphatic rings. The van der Waals surface area contributed by atoms with Crippen molar-refractivity contribution >= 4 is 27.6 Å². The van der Waals surface area contributed by atoms with E-state index < -0.39 is 0 Å². The van der Waals surface area contributed by atoms with Crippen molar-refractivity contribution in [2.75, 3.05) is 38.1 Å². The molecule has 1 aliphatic heterocycles. The molecule has 0 bridgehead atoms. The highest BCUT2D eigenvalue weighted by Crippen LogP contribution is 2.20. The summed E-state index contributed by atoms with van der Waals surface area (Å²) in [6.07, 6.45) is 0. The van der Waals surface area contributed by atoms with Gasteiger partial charge >= 0.3 is 0 Å². The number of piperazine rings is 1. The number of hydrogen-bond acceptors (Lipinski definition) is 4. The maximum Gasteiger partial charge on any atom is 0.260 e. The molecule has 2 heterocycles. The maximum absolute atomic E-state index is 12.4. The Labute approximate surface area is 128 Å². The zero-order chi connectivity index (χ0) is 15.1. The lowest BCUT2D eigenvalue weighted by molar-refractivity contribution is 0.311. The van der Waals surface area contributed by atoms with Gasteiger partial charge in [-0.1, -0.05) is 24.3 Å². The molecule has 0 aliphatic carbocycles. The molecule has 1 aromatic heterocycles. The SMILES string of the molecule is CN1CCN(c2nc3cc4ccccc4cc3c(=O)[nH]2)CC1. The van der Waals surface area contributed by atoms with E-state index in [9.17, 15) is 4.79 Å². The van der Waals surface area contributed by atoms with Gasteiger partial charge < -0.3 is 9.80 Å². The van der Waals surface area contributed by atoms with E-state index in [1.54, 1.807) is 0 Å². The van der Waals surface area contributed by atoms with Gasteiger partial charge in [0.1, 0.15) is 0 Å². The van der Waals surface area contributed by atoms with Crippen molar-refractivity contribution in [1.29, 1.82) is 0 Å². The largest absolute Gasteiger partial charge is 0.340 e. The molecule has 0 spiro atoms. The first-order valence-corrected chi connectivity index (χ1v) is 7.57. The molecule has 0 amide bonds. The van der Waals surface area contributed by atoms with Crippen LogP contribution in [0.2, 0.25) is 0 Å². The summed E-state index contributed by atoms with van der Waals surface area (Å²) < 4.78 is 0. The van der Waals surface area contributed by atoms with Gasteiger partial charge in [-0.05, 0) is 30.0 Å². The van der Waals surface area contributed by atoms with Crippen LogP contribution in [0.15, 0.2) is 41.2 Å².